The van der Waals surface area contributed by atoms with Crippen molar-refractivity contribution >= 4 is 23.8 Å². The molecule has 9 heteroatoms. The monoisotopic (exact) mass is 250 g/mol. The van der Waals surface area contributed by atoms with Gasteiger partial charge in [-0.15, -0.1) is 0 Å². The van der Waals surface area contributed by atoms with Gasteiger partial charge in [-0.3, -0.25) is 14.4 Å². The summed E-state index contributed by atoms with van der Waals surface area (Å²) in [5, 5.41) is 8.68. The molecule has 17 heavy (non-hydrogen) atoms. The molecule has 0 bridgehead atoms. The van der Waals surface area contributed by atoms with Crippen molar-refractivity contribution in [3.63, 3.8) is 0 Å². The van der Waals surface area contributed by atoms with Crippen LogP contribution in [0.2, 0.25) is 0 Å². The van der Waals surface area contributed by atoms with Crippen molar-refractivity contribution in [1.82, 2.24) is 6.15 Å². The highest BCUT2D eigenvalue weighted by Crippen LogP contribution is 2.06. The van der Waals surface area contributed by atoms with Crippen molar-refractivity contribution in [2.24, 2.45) is 5.73 Å². The van der Waals surface area contributed by atoms with Crippen LogP contribution in [0, 0.1) is 0 Å². The average molecular weight is 250 g/mol. The molecule has 0 spiro atoms. The van der Waals surface area contributed by atoms with Crippen molar-refractivity contribution in [3.05, 3.63) is 0 Å². The number of primary amides is 1. The number of carboxylic acid groups (broad SMARTS) is 1. The Kier molecular flexibility index (Phi) is 7.27. The van der Waals surface area contributed by atoms with Crippen molar-refractivity contribution in [2.75, 3.05) is 0 Å². The Balaban J connectivity index is 0. The highest BCUT2D eigenvalue weighted by atomic mass is 16.6. The van der Waals surface area contributed by atoms with Crippen LogP contribution in [0.1, 0.15) is 13.8 Å². The summed E-state index contributed by atoms with van der Waals surface area (Å²) in [4.78, 5) is 42.7. The van der Waals surface area contributed by atoms with Gasteiger partial charge in [0, 0.05) is 13.8 Å². The molecule has 2 atom stereocenters. The highest BCUT2D eigenvalue weighted by Gasteiger charge is 2.37. The molecule has 0 aromatic heterocycles. The molecule has 0 aliphatic carbocycles. The number of aliphatic carboxylic acids is 1. The molecule has 0 unspecified atom stereocenters. The maximum atomic E-state index is 10.9. The first kappa shape index (κ1) is 17.2. The van der Waals surface area contributed by atoms with Gasteiger partial charge in [-0.2, -0.15) is 0 Å². The highest BCUT2D eigenvalue weighted by molar-refractivity contribution is 5.89. The topological polar surface area (TPSA) is 168 Å². The van der Waals surface area contributed by atoms with E-state index in [-0.39, 0.29) is 6.15 Å². The van der Waals surface area contributed by atoms with Gasteiger partial charge in [-0.05, 0) is 0 Å². The van der Waals surface area contributed by atoms with Gasteiger partial charge in [0.15, 0.2) is 0 Å². The first-order valence-corrected chi connectivity index (χ1v) is 4.12. The number of carbonyl (C=O) groups excluding carboxylic acids is 3. The fraction of sp³-hybridized carbons (Fsp3) is 0.500. The van der Waals surface area contributed by atoms with E-state index >= 15 is 0 Å². The van der Waals surface area contributed by atoms with E-state index < -0.39 is 36.0 Å². The standard InChI is InChI=1S/C8H11NO7.H3N/c1-3(10)15-5(7(9)12)6(8(13)14)16-4(2)11;/h5-6H,1-2H3,(H2,9,12)(H,13,14);1H3/t5-,6+;/m1./s1. The molecule has 98 valence electrons. The maximum Gasteiger partial charge on any atom is 0.349 e. The number of carboxylic acids is 1. The molecule has 0 heterocycles. The number of ether oxygens (including phenoxy) is 2. The number of hydrogen-bond acceptors (Lipinski definition) is 7. The maximum absolute atomic E-state index is 10.9. The van der Waals surface area contributed by atoms with Crippen LogP contribution in [0.25, 0.3) is 0 Å². The zero-order valence-corrected chi connectivity index (χ0v) is 9.34. The molecule has 0 aromatic rings. The van der Waals surface area contributed by atoms with E-state index in [2.05, 4.69) is 9.47 Å². The minimum Gasteiger partial charge on any atom is -0.478 e. The van der Waals surface area contributed by atoms with E-state index in [4.69, 9.17) is 10.8 Å². The lowest BCUT2D eigenvalue weighted by Crippen LogP contribution is -2.48. The normalized spacial score (nSPS) is 12.6. The minimum absolute atomic E-state index is 0. The molecule has 6 N–H and O–H groups in total. The Morgan fingerprint density at radius 2 is 1.35 bits per heavy atom. The molecular weight excluding hydrogens is 236 g/mol. The summed E-state index contributed by atoms with van der Waals surface area (Å²) >= 11 is 0. The van der Waals surface area contributed by atoms with Gasteiger partial charge in [-0.1, -0.05) is 0 Å². The summed E-state index contributed by atoms with van der Waals surface area (Å²) < 4.78 is 8.68. The van der Waals surface area contributed by atoms with Gasteiger partial charge < -0.3 is 26.5 Å². The van der Waals surface area contributed by atoms with Crippen LogP contribution >= 0.6 is 0 Å². The van der Waals surface area contributed by atoms with Gasteiger partial charge in [-0.25, -0.2) is 4.79 Å². The molecule has 9 nitrogen and oxygen atoms in total. The first-order valence-electron chi connectivity index (χ1n) is 4.12. The second-order valence-corrected chi connectivity index (χ2v) is 2.80. The molecule has 0 rings (SSSR count). The van der Waals surface area contributed by atoms with Crippen molar-refractivity contribution in [1.29, 1.82) is 0 Å². The zero-order valence-electron chi connectivity index (χ0n) is 9.34. The predicted molar refractivity (Wildman–Crippen MR) is 53.0 cm³/mol. The third-order valence-corrected chi connectivity index (χ3v) is 1.38. The average Bonchev–Trinajstić information content (AvgIpc) is 2.09. The van der Waals surface area contributed by atoms with Crippen LogP contribution in [0.4, 0.5) is 0 Å². The smallest absolute Gasteiger partial charge is 0.349 e. The van der Waals surface area contributed by atoms with Crippen LogP contribution < -0.4 is 11.9 Å². The molecule has 0 aliphatic heterocycles. The number of rotatable bonds is 5. The molecular formula is C8H14N2O7. The van der Waals surface area contributed by atoms with Gasteiger partial charge >= 0.3 is 17.9 Å². The summed E-state index contributed by atoms with van der Waals surface area (Å²) in [5.74, 6) is -4.71. The summed E-state index contributed by atoms with van der Waals surface area (Å²) in [6.45, 7) is 1.91. The van der Waals surface area contributed by atoms with Gasteiger partial charge in [0.1, 0.15) is 0 Å². The van der Waals surface area contributed by atoms with Gasteiger partial charge in [0.25, 0.3) is 5.91 Å². The fourth-order valence-electron chi connectivity index (χ4n) is 0.868. The molecule has 0 aromatic carbocycles. The van der Waals surface area contributed by atoms with Crippen LogP contribution in [-0.4, -0.2) is 41.1 Å². The van der Waals surface area contributed by atoms with Crippen LogP contribution in [0.5, 0.6) is 0 Å². The van der Waals surface area contributed by atoms with E-state index in [0.717, 1.165) is 13.8 Å². The Labute approximate surface area is 96.4 Å². The molecule has 0 radical (unpaired) electrons. The zero-order chi connectivity index (χ0) is 12.9. The number of hydrogen-bond donors (Lipinski definition) is 3. The second kappa shape index (κ2) is 7.17. The molecule has 0 saturated heterocycles. The number of carbonyl (C=O) groups is 4. The summed E-state index contributed by atoms with van der Waals surface area (Å²) in [7, 11) is 0. The van der Waals surface area contributed by atoms with Crippen molar-refractivity contribution in [3.8, 4) is 0 Å². The van der Waals surface area contributed by atoms with Crippen LogP contribution in [0.15, 0.2) is 0 Å². The lowest BCUT2D eigenvalue weighted by molar-refractivity contribution is -0.180. The van der Waals surface area contributed by atoms with E-state index in [1.54, 1.807) is 0 Å². The summed E-state index contributed by atoms with van der Waals surface area (Å²) in [6, 6.07) is 0. The first-order chi connectivity index (χ1) is 7.25. The van der Waals surface area contributed by atoms with E-state index in [0.29, 0.717) is 0 Å². The Hall–Kier alpha value is -2.16. The van der Waals surface area contributed by atoms with E-state index in [1.807, 2.05) is 0 Å². The van der Waals surface area contributed by atoms with Gasteiger partial charge in [0.05, 0.1) is 0 Å². The Morgan fingerprint density at radius 1 is 1.00 bits per heavy atom. The van der Waals surface area contributed by atoms with E-state index in [9.17, 15) is 19.2 Å². The van der Waals surface area contributed by atoms with Crippen LogP contribution in [-0.2, 0) is 28.7 Å². The lowest BCUT2D eigenvalue weighted by Gasteiger charge is -2.20. The second-order valence-electron chi connectivity index (χ2n) is 2.80. The Bertz CT molecular complexity index is 296. The van der Waals surface area contributed by atoms with Crippen LogP contribution in [0.3, 0.4) is 0 Å². The number of esters is 2. The molecule has 1 amide bonds. The van der Waals surface area contributed by atoms with E-state index in [1.165, 1.54) is 0 Å². The SMILES string of the molecule is CC(=O)O[C@H](C(=O)O)[C@@H](OC(C)=O)C(N)=O.N. The minimum atomic E-state index is -1.95. The molecule has 0 aliphatic rings. The Morgan fingerprint density at radius 3 is 1.59 bits per heavy atom. The largest absolute Gasteiger partial charge is 0.478 e. The summed E-state index contributed by atoms with van der Waals surface area (Å²) in [6.07, 6.45) is -3.79. The van der Waals surface area contributed by atoms with Crippen molar-refractivity contribution in [2.45, 2.75) is 26.1 Å². The fourth-order valence-corrected chi connectivity index (χ4v) is 0.868. The molecule has 0 saturated carbocycles. The van der Waals surface area contributed by atoms with Gasteiger partial charge in [0.2, 0.25) is 12.2 Å². The quantitative estimate of drug-likeness (QED) is 0.499. The molecule has 0 fully saturated rings. The van der Waals surface area contributed by atoms with Crippen molar-refractivity contribution < 1.29 is 33.8 Å². The third-order valence-electron chi connectivity index (χ3n) is 1.38. The summed E-state index contributed by atoms with van der Waals surface area (Å²) in [5.41, 5.74) is 4.83. The number of nitrogens with two attached hydrogens (primary N) is 1. The number of amides is 1. The third kappa shape index (κ3) is 6.10. The lowest BCUT2D eigenvalue weighted by atomic mass is 10.2. The predicted octanol–water partition coefficient (Wildman–Crippen LogP) is -1.42.